The summed E-state index contributed by atoms with van der Waals surface area (Å²) >= 11 is 0. The van der Waals surface area contributed by atoms with Crippen LogP contribution in [-0.2, 0) is 16.4 Å². The van der Waals surface area contributed by atoms with Crippen molar-refractivity contribution in [3.63, 3.8) is 0 Å². The third-order valence-corrected chi connectivity index (χ3v) is 6.74. The van der Waals surface area contributed by atoms with E-state index in [0.29, 0.717) is 25.6 Å². The molecule has 2 amide bonds. The number of aromatic nitrogens is 3. The molecule has 24 heavy (non-hydrogen) atoms. The van der Waals surface area contributed by atoms with Gasteiger partial charge in [0.15, 0.2) is 15.7 Å². The molecule has 1 aromatic rings. The number of nitrogens with zero attached hydrogens (tertiary/aromatic N) is 3. The molecule has 1 saturated heterocycles. The second kappa shape index (κ2) is 7.50. The standard InChI is InChI=1S/C15H25N5O3S/c21-15(16-8-12-6-7-24(22,23)10-12)17-9-14-19-18-11-20(14)13-4-2-1-3-5-13/h11-13H,1-10H2,(H2,16,17,21). The van der Waals surface area contributed by atoms with E-state index in [-0.39, 0.29) is 23.5 Å². The number of nitrogens with one attached hydrogen (secondary N) is 2. The van der Waals surface area contributed by atoms with Crippen LogP contribution in [0.15, 0.2) is 6.33 Å². The fourth-order valence-electron chi connectivity index (χ4n) is 3.55. The number of amides is 2. The Morgan fingerprint density at radius 2 is 2.00 bits per heavy atom. The fraction of sp³-hybridized carbons (Fsp3) is 0.800. The molecule has 2 fully saturated rings. The number of hydrogen-bond acceptors (Lipinski definition) is 5. The van der Waals surface area contributed by atoms with Crippen molar-refractivity contribution in [1.29, 1.82) is 0 Å². The summed E-state index contributed by atoms with van der Waals surface area (Å²) in [6, 6.07) is 0.134. The minimum absolute atomic E-state index is 0.0200. The summed E-state index contributed by atoms with van der Waals surface area (Å²) in [6.45, 7) is 0.714. The SMILES string of the molecule is O=C(NCc1nncn1C1CCCCC1)NCC1CCS(=O)(=O)C1. The molecule has 1 atom stereocenters. The van der Waals surface area contributed by atoms with E-state index < -0.39 is 9.84 Å². The van der Waals surface area contributed by atoms with E-state index in [2.05, 4.69) is 25.4 Å². The number of hydrogen-bond donors (Lipinski definition) is 2. The highest BCUT2D eigenvalue weighted by Crippen LogP contribution is 2.28. The molecule has 2 N–H and O–H groups in total. The van der Waals surface area contributed by atoms with Gasteiger partial charge in [0.2, 0.25) is 0 Å². The average Bonchev–Trinajstić information content (AvgIpc) is 3.18. The average molecular weight is 355 g/mol. The molecule has 1 saturated carbocycles. The summed E-state index contributed by atoms with van der Waals surface area (Å²) in [5.41, 5.74) is 0. The molecule has 1 unspecified atom stereocenters. The summed E-state index contributed by atoms with van der Waals surface area (Å²) < 4.78 is 24.9. The van der Waals surface area contributed by atoms with E-state index >= 15 is 0 Å². The first kappa shape index (κ1) is 17.2. The van der Waals surface area contributed by atoms with E-state index in [4.69, 9.17) is 0 Å². The van der Waals surface area contributed by atoms with Crippen molar-refractivity contribution in [2.75, 3.05) is 18.1 Å². The van der Waals surface area contributed by atoms with Crippen LogP contribution in [0.1, 0.15) is 50.4 Å². The monoisotopic (exact) mass is 355 g/mol. The number of carbonyl (C=O) groups is 1. The highest BCUT2D eigenvalue weighted by molar-refractivity contribution is 7.91. The Morgan fingerprint density at radius 3 is 2.71 bits per heavy atom. The maximum absolute atomic E-state index is 11.9. The Hall–Kier alpha value is -1.64. The predicted molar refractivity (Wildman–Crippen MR) is 89.1 cm³/mol. The van der Waals surface area contributed by atoms with Gasteiger partial charge in [-0.2, -0.15) is 0 Å². The molecular formula is C15H25N5O3S. The first-order valence-electron chi connectivity index (χ1n) is 8.64. The molecule has 2 aliphatic rings. The van der Waals surface area contributed by atoms with Crippen LogP contribution < -0.4 is 10.6 Å². The van der Waals surface area contributed by atoms with E-state index in [0.717, 1.165) is 18.7 Å². The van der Waals surface area contributed by atoms with Crippen LogP contribution in [0.2, 0.25) is 0 Å². The van der Waals surface area contributed by atoms with E-state index in [1.54, 1.807) is 6.33 Å². The molecule has 0 bridgehead atoms. The predicted octanol–water partition coefficient (Wildman–Crippen LogP) is 1.02. The molecule has 3 rings (SSSR count). The number of carbonyl (C=O) groups excluding carboxylic acids is 1. The van der Waals surface area contributed by atoms with Crippen LogP contribution in [0.25, 0.3) is 0 Å². The van der Waals surface area contributed by atoms with Gasteiger partial charge in [0.05, 0.1) is 18.1 Å². The maximum Gasteiger partial charge on any atom is 0.315 e. The van der Waals surface area contributed by atoms with Crippen molar-refractivity contribution in [3.05, 3.63) is 12.2 Å². The zero-order chi connectivity index (χ0) is 17.0. The molecule has 9 heteroatoms. The first-order chi connectivity index (χ1) is 11.5. The smallest absolute Gasteiger partial charge is 0.315 e. The van der Waals surface area contributed by atoms with Gasteiger partial charge in [0.25, 0.3) is 0 Å². The lowest BCUT2D eigenvalue weighted by Gasteiger charge is -2.24. The topological polar surface area (TPSA) is 106 Å². The molecule has 1 aliphatic carbocycles. The van der Waals surface area contributed by atoms with Crippen molar-refractivity contribution in [1.82, 2.24) is 25.4 Å². The molecule has 8 nitrogen and oxygen atoms in total. The van der Waals surface area contributed by atoms with Gasteiger partial charge in [-0.15, -0.1) is 10.2 Å². The Kier molecular flexibility index (Phi) is 5.37. The molecule has 0 aromatic carbocycles. The Morgan fingerprint density at radius 1 is 1.21 bits per heavy atom. The molecule has 0 radical (unpaired) electrons. The molecular weight excluding hydrogens is 330 g/mol. The maximum atomic E-state index is 11.9. The Balaban J connectivity index is 1.44. The van der Waals surface area contributed by atoms with Gasteiger partial charge >= 0.3 is 6.03 Å². The minimum atomic E-state index is -2.90. The summed E-state index contributed by atoms with van der Waals surface area (Å²) in [5.74, 6) is 1.18. The number of sulfone groups is 1. The molecule has 1 aromatic heterocycles. The molecule has 1 aliphatic heterocycles. The molecule has 2 heterocycles. The van der Waals surface area contributed by atoms with Crippen molar-refractivity contribution in [2.45, 2.75) is 51.1 Å². The van der Waals surface area contributed by atoms with Gasteiger partial charge in [-0.1, -0.05) is 19.3 Å². The van der Waals surface area contributed by atoms with Crippen molar-refractivity contribution < 1.29 is 13.2 Å². The highest BCUT2D eigenvalue weighted by atomic mass is 32.2. The van der Waals surface area contributed by atoms with E-state index in [1.165, 1.54) is 19.3 Å². The van der Waals surface area contributed by atoms with Gasteiger partial charge in [-0.05, 0) is 25.2 Å². The second-order valence-corrected chi connectivity index (χ2v) is 9.01. The fourth-order valence-corrected chi connectivity index (χ4v) is 5.41. The van der Waals surface area contributed by atoms with Gasteiger partial charge in [0.1, 0.15) is 6.33 Å². The van der Waals surface area contributed by atoms with Crippen LogP contribution in [0, 0.1) is 5.92 Å². The van der Waals surface area contributed by atoms with Crippen LogP contribution in [-0.4, -0.2) is 47.3 Å². The lowest BCUT2D eigenvalue weighted by molar-refractivity contribution is 0.238. The zero-order valence-electron chi connectivity index (χ0n) is 13.8. The van der Waals surface area contributed by atoms with Gasteiger partial charge in [-0.3, -0.25) is 0 Å². The minimum Gasteiger partial charge on any atom is -0.338 e. The zero-order valence-corrected chi connectivity index (χ0v) is 14.6. The van der Waals surface area contributed by atoms with E-state index in [1.807, 2.05) is 0 Å². The normalized spacial score (nSPS) is 23.9. The summed E-state index contributed by atoms with van der Waals surface area (Å²) in [4.78, 5) is 11.9. The molecule has 0 spiro atoms. The first-order valence-corrected chi connectivity index (χ1v) is 10.5. The van der Waals surface area contributed by atoms with Gasteiger partial charge in [-0.25, -0.2) is 13.2 Å². The van der Waals surface area contributed by atoms with Gasteiger partial charge < -0.3 is 15.2 Å². The third kappa shape index (κ3) is 4.46. The summed E-state index contributed by atoms with van der Waals surface area (Å²) in [6.07, 6.45) is 8.36. The van der Waals surface area contributed by atoms with Gasteiger partial charge in [0, 0.05) is 12.6 Å². The summed E-state index contributed by atoms with van der Waals surface area (Å²) in [5, 5.41) is 13.6. The molecule has 134 valence electrons. The van der Waals surface area contributed by atoms with Crippen LogP contribution in [0.3, 0.4) is 0 Å². The van der Waals surface area contributed by atoms with Crippen LogP contribution >= 0.6 is 0 Å². The van der Waals surface area contributed by atoms with E-state index in [9.17, 15) is 13.2 Å². The van der Waals surface area contributed by atoms with Crippen LogP contribution in [0.5, 0.6) is 0 Å². The quantitative estimate of drug-likeness (QED) is 0.820. The lowest BCUT2D eigenvalue weighted by atomic mass is 9.95. The van der Waals surface area contributed by atoms with Crippen molar-refractivity contribution in [2.24, 2.45) is 5.92 Å². The highest BCUT2D eigenvalue weighted by Gasteiger charge is 2.28. The van der Waals surface area contributed by atoms with Crippen molar-refractivity contribution in [3.8, 4) is 0 Å². The number of rotatable bonds is 5. The van der Waals surface area contributed by atoms with Crippen LogP contribution in [0.4, 0.5) is 4.79 Å². The summed E-state index contributed by atoms with van der Waals surface area (Å²) in [7, 11) is -2.90. The Labute approximate surface area is 142 Å². The number of urea groups is 1. The second-order valence-electron chi connectivity index (χ2n) is 6.78. The Bertz CT molecular complexity index is 666. The van der Waals surface area contributed by atoms with Crippen molar-refractivity contribution >= 4 is 15.9 Å². The largest absolute Gasteiger partial charge is 0.338 e. The third-order valence-electron chi connectivity index (χ3n) is 4.90. The lowest BCUT2D eigenvalue weighted by Crippen LogP contribution is -2.38.